The van der Waals surface area contributed by atoms with Crippen molar-refractivity contribution in [3.63, 3.8) is 0 Å². The molecular weight excluding hydrogens is 332 g/mol. The Kier molecular flexibility index (Phi) is 5.56. The summed E-state index contributed by atoms with van der Waals surface area (Å²) in [7, 11) is 0. The number of hydrogen-bond acceptors (Lipinski definition) is 6. The number of piperidine rings is 1. The zero-order valence-electron chi connectivity index (χ0n) is 15.2. The third-order valence-corrected chi connectivity index (χ3v) is 5.07. The van der Waals surface area contributed by atoms with Crippen LogP contribution in [0.1, 0.15) is 43.7 Å². The minimum Gasteiger partial charge on any atom is -0.466 e. The van der Waals surface area contributed by atoms with Gasteiger partial charge in [0.05, 0.1) is 18.7 Å². The number of likely N-dealkylation sites (tertiary alicyclic amines) is 1. The molecule has 2 aliphatic rings. The minimum atomic E-state index is -0.227. The molecule has 1 aromatic rings. The fraction of sp³-hybridized carbons (Fsp3) is 0.526. The van der Waals surface area contributed by atoms with Gasteiger partial charge in [0.1, 0.15) is 11.4 Å². The Hall–Kier alpha value is -2.41. The third kappa shape index (κ3) is 4.22. The molecule has 3 rings (SSSR count). The van der Waals surface area contributed by atoms with Crippen LogP contribution in [0.5, 0.6) is 0 Å². The molecule has 0 aliphatic carbocycles. The smallest absolute Gasteiger partial charge is 0.307 e. The predicted molar refractivity (Wildman–Crippen MR) is 99.4 cm³/mol. The molecule has 1 spiro atoms. The van der Waals surface area contributed by atoms with E-state index in [1.807, 2.05) is 31.2 Å². The number of amidine groups is 1. The molecule has 3 N–H and O–H groups in total. The summed E-state index contributed by atoms with van der Waals surface area (Å²) in [4.78, 5) is 19.6. The molecule has 0 saturated carbocycles. The second-order valence-electron chi connectivity index (χ2n) is 6.88. The Morgan fingerprint density at radius 3 is 2.65 bits per heavy atom. The number of rotatable bonds is 6. The topological polar surface area (TPSA) is 101 Å². The van der Waals surface area contributed by atoms with Gasteiger partial charge in [-0.3, -0.25) is 10.2 Å². The van der Waals surface area contributed by atoms with E-state index < -0.39 is 0 Å². The Bertz CT molecular complexity index is 691. The highest BCUT2D eigenvalue weighted by Crippen LogP contribution is 2.36. The van der Waals surface area contributed by atoms with Gasteiger partial charge in [-0.25, -0.2) is 0 Å². The number of oxime groups is 1. The first-order valence-corrected chi connectivity index (χ1v) is 9.09. The number of nitrogens with one attached hydrogen (secondary N) is 1. The molecule has 1 fully saturated rings. The second-order valence-corrected chi connectivity index (χ2v) is 6.88. The van der Waals surface area contributed by atoms with Crippen LogP contribution in [-0.2, 0) is 14.4 Å². The predicted octanol–water partition coefficient (Wildman–Crippen LogP) is 1.88. The van der Waals surface area contributed by atoms with Crippen LogP contribution in [0.4, 0.5) is 0 Å². The highest BCUT2D eigenvalue weighted by atomic mass is 16.7. The van der Waals surface area contributed by atoms with E-state index in [-0.39, 0.29) is 17.4 Å². The van der Waals surface area contributed by atoms with Gasteiger partial charge in [-0.05, 0) is 12.5 Å². The average Bonchev–Trinajstić information content (AvgIpc) is 3.05. The van der Waals surface area contributed by atoms with Crippen LogP contribution >= 0.6 is 0 Å². The summed E-state index contributed by atoms with van der Waals surface area (Å²) >= 11 is 0. The standard InChI is InChI=1S/C19H26N4O3/c1-2-25-17(24)7-10-23-11-8-19(9-12-23)13-16(22-26-19)14-3-5-15(6-4-14)18(20)21/h3-6H,2,7-13H2,1H3,(H3,20,21). The molecule has 7 heteroatoms. The van der Waals surface area contributed by atoms with Crippen LogP contribution in [0.2, 0.25) is 0 Å². The number of nitrogen functional groups attached to an aromatic ring is 1. The summed E-state index contributed by atoms with van der Waals surface area (Å²) in [6.07, 6.45) is 3.02. The van der Waals surface area contributed by atoms with Gasteiger partial charge in [0.25, 0.3) is 0 Å². The van der Waals surface area contributed by atoms with Gasteiger partial charge in [0.15, 0.2) is 0 Å². The first-order chi connectivity index (χ1) is 12.5. The van der Waals surface area contributed by atoms with Crippen LogP contribution in [0, 0.1) is 5.41 Å². The number of nitrogens with zero attached hydrogens (tertiary/aromatic N) is 2. The third-order valence-electron chi connectivity index (χ3n) is 5.07. The number of nitrogens with two attached hydrogens (primary N) is 1. The van der Waals surface area contributed by atoms with E-state index in [0.717, 1.165) is 50.2 Å². The molecule has 2 aliphatic heterocycles. The van der Waals surface area contributed by atoms with E-state index in [1.54, 1.807) is 0 Å². The highest BCUT2D eigenvalue weighted by molar-refractivity contribution is 6.03. The maximum Gasteiger partial charge on any atom is 0.307 e. The van der Waals surface area contributed by atoms with Crippen molar-refractivity contribution in [3.8, 4) is 0 Å². The van der Waals surface area contributed by atoms with Crippen molar-refractivity contribution in [3.05, 3.63) is 35.4 Å². The molecule has 26 heavy (non-hydrogen) atoms. The Morgan fingerprint density at radius 1 is 1.35 bits per heavy atom. The van der Waals surface area contributed by atoms with Gasteiger partial charge in [-0.15, -0.1) is 0 Å². The van der Waals surface area contributed by atoms with Gasteiger partial charge in [-0.1, -0.05) is 29.4 Å². The number of esters is 1. The lowest BCUT2D eigenvalue weighted by molar-refractivity contribution is -0.143. The number of hydrogen-bond donors (Lipinski definition) is 2. The van der Waals surface area contributed by atoms with Gasteiger partial charge in [0, 0.05) is 44.5 Å². The molecule has 0 unspecified atom stereocenters. The fourth-order valence-corrected chi connectivity index (χ4v) is 3.45. The lowest BCUT2D eigenvalue weighted by Gasteiger charge is -2.37. The Balaban J connectivity index is 1.50. The lowest BCUT2D eigenvalue weighted by Crippen LogP contribution is -2.45. The van der Waals surface area contributed by atoms with E-state index in [0.29, 0.717) is 18.6 Å². The van der Waals surface area contributed by atoms with Crippen molar-refractivity contribution in [2.45, 2.75) is 38.2 Å². The maximum absolute atomic E-state index is 11.5. The van der Waals surface area contributed by atoms with Gasteiger partial charge in [-0.2, -0.15) is 0 Å². The number of ether oxygens (including phenoxy) is 1. The lowest BCUT2D eigenvalue weighted by atomic mass is 9.85. The second kappa shape index (κ2) is 7.86. The van der Waals surface area contributed by atoms with Crippen molar-refractivity contribution < 1.29 is 14.4 Å². The zero-order chi connectivity index (χ0) is 18.6. The molecule has 1 aromatic carbocycles. The molecule has 0 aromatic heterocycles. The first-order valence-electron chi connectivity index (χ1n) is 9.09. The largest absolute Gasteiger partial charge is 0.466 e. The van der Waals surface area contributed by atoms with Gasteiger partial charge >= 0.3 is 5.97 Å². The summed E-state index contributed by atoms with van der Waals surface area (Å²) in [5.74, 6) is -0.0719. The summed E-state index contributed by atoms with van der Waals surface area (Å²) in [6.45, 7) is 4.78. The number of carbonyl (C=O) groups excluding carboxylic acids is 1. The maximum atomic E-state index is 11.5. The van der Waals surface area contributed by atoms with E-state index in [4.69, 9.17) is 20.7 Å². The Labute approximate surface area is 153 Å². The molecule has 1 saturated heterocycles. The number of carbonyl (C=O) groups is 1. The number of benzene rings is 1. The van der Waals surface area contributed by atoms with Crippen LogP contribution in [0.15, 0.2) is 29.4 Å². The minimum absolute atomic E-state index is 0.0628. The van der Waals surface area contributed by atoms with E-state index in [1.165, 1.54) is 0 Å². The normalized spacial score (nSPS) is 19.0. The van der Waals surface area contributed by atoms with Crippen molar-refractivity contribution in [2.24, 2.45) is 10.9 Å². The summed E-state index contributed by atoms with van der Waals surface area (Å²) in [6, 6.07) is 7.55. The summed E-state index contributed by atoms with van der Waals surface area (Å²) < 4.78 is 4.98. The average molecular weight is 358 g/mol. The van der Waals surface area contributed by atoms with Crippen LogP contribution in [-0.4, -0.2) is 54.3 Å². The molecular formula is C19H26N4O3. The van der Waals surface area contributed by atoms with E-state index >= 15 is 0 Å². The Morgan fingerprint density at radius 2 is 2.04 bits per heavy atom. The van der Waals surface area contributed by atoms with Crippen molar-refractivity contribution in [1.82, 2.24) is 4.90 Å². The van der Waals surface area contributed by atoms with E-state index in [2.05, 4.69) is 10.1 Å². The van der Waals surface area contributed by atoms with Gasteiger partial charge < -0.3 is 20.2 Å². The van der Waals surface area contributed by atoms with Crippen molar-refractivity contribution in [1.29, 1.82) is 5.41 Å². The monoisotopic (exact) mass is 358 g/mol. The molecule has 0 bridgehead atoms. The van der Waals surface area contributed by atoms with E-state index in [9.17, 15) is 4.79 Å². The molecule has 0 amide bonds. The summed E-state index contributed by atoms with van der Waals surface area (Å²) in [5.41, 5.74) is 7.93. The molecule has 140 valence electrons. The molecule has 7 nitrogen and oxygen atoms in total. The molecule has 0 radical (unpaired) electrons. The fourth-order valence-electron chi connectivity index (χ4n) is 3.45. The van der Waals surface area contributed by atoms with Crippen LogP contribution in [0.25, 0.3) is 0 Å². The highest BCUT2D eigenvalue weighted by Gasteiger charge is 2.42. The first kappa shape index (κ1) is 18.4. The quantitative estimate of drug-likeness (QED) is 0.459. The van der Waals surface area contributed by atoms with Crippen molar-refractivity contribution in [2.75, 3.05) is 26.2 Å². The zero-order valence-corrected chi connectivity index (χ0v) is 15.2. The van der Waals surface area contributed by atoms with Gasteiger partial charge in [0.2, 0.25) is 0 Å². The molecule has 0 atom stereocenters. The van der Waals surface area contributed by atoms with Crippen molar-refractivity contribution >= 4 is 17.5 Å². The molecule has 2 heterocycles. The SMILES string of the molecule is CCOC(=O)CCN1CCC2(CC1)CC(c1ccc(C(=N)N)cc1)=NO2. The van der Waals surface area contributed by atoms with Crippen LogP contribution < -0.4 is 5.73 Å². The summed E-state index contributed by atoms with van der Waals surface area (Å²) in [5, 5.41) is 11.8. The van der Waals surface area contributed by atoms with Crippen LogP contribution in [0.3, 0.4) is 0 Å².